The van der Waals surface area contributed by atoms with Gasteiger partial charge in [0.15, 0.2) is 0 Å². The molecule has 2 rings (SSSR count). The highest BCUT2D eigenvalue weighted by Gasteiger charge is 2.27. The Labute approximate surface area is 83.8 Å². The fourth-order valence-electron chi connectivity index (χ4n) is 2.12. The molecule has 0 unspecified atom stereocenters. The van der Waals surface area contributed by atoms with E-state index in [1.807, 2.05) is 5.01 Å². The summed E-state index contributed by atoms with van der Waals surface area (Å²) in [5, 5.41) is 3.70. The molecule has 0 atom stereocenters. The van der Waals surface area contributed by atoms with Crippen molar-refractivity contribution < 1.29 is 9.59 Å². The van der Waals surface area contributed by atoms with Crippen LogP contribution in [0.15, 0.2) is 0 Å². The average Bonchev–Trinajstić information content (AvgIpc) is 2.18. The lowest BCUT2D eigenvalue weighted by Crippen LogP contribution is -2.52. The number of hydrazine groups is 1. The second kappa shape index (κ2) is 4.09. The summed E-state index contributed by atoms with van der Waals surface area (Å²) in [5.41, 5.74) is 0. The lowest BCUT2D eigenvalue weighted by molar-refractivity contribution is -0.157. The molecule has 14 heavy (non-hydrogen) atoms. The number of Topliss-reactive ketones (excluding diaryl/α,β-unsaturated/α-hetero) is 1. The van der Waals surface area contributed by atoms with Gasteiger partial charge >= 0.3 is 0 Å². The summed E-state index contributed by atoms with van der Waals surface area (Å²) in [6, 6.07) is 0. The van der Waals surface area contributed by atoms with Crippen LogP contribution in [0.5, 0.6) is 0 Å². The molecule has 2 heterocycles. The molecule has 0 N–H and O–H groups in total. The molecule has 2 saturated heterocycles. The first-order valence-corrected chi connectivity index (χ1v) is 5.34. The van der Waals surface area contributed by atoms with Gasteiger partial charge in [0.1, 0.15) is 5.78 Å². The van der Waals surface area contributed by atoms with Gasteiger partial charge < -0.3 is 0 Å². The predicted octanol–water partition coefficient (Wildman–Crippen LogP) is 0.579. The predicted molar refractivity (Wildman–Crippen MR) is 51.4 cm³/mol. The molecule has 4 heteroatoms. The summed E-state index contributed by atoms with van der Waals surface area (Å²) >= 11 is 0. The number of hydrogen-bond donors (Lipinski definition) is 0. The zero-order chi connectivity index (χ0) is 9.97. The molecule has 0 aromatic rings. The SMILES string of the molecule is O=C1CCCN(N2CCCCC2=O)C1. The monoisotopic (exact) mass is 196 g/mol. The Balaban J connectivity index is 1.98. The van der Waals surface area contributed by atoms with Crippen LogP contribution < -0.4 is 0 Å². The number of amides is 1. The van der Waals surface area contributed by atoms with Crippen LogP contribution in [-0.4, -0.2) is 41.3 Å². The van der Waals surface area contributed by atoms with Crippen LogP contribution in [0.3, 0.4) is 0 Å². The molecule has 0 aromatic heterocycles. The third-order valence-corrected chi connectivity index (χ3v) is 2.87. The highest BCUT2D eigenvalue weighted by molar-refractivity contribution is 5.82. The second-order valence-electron chi connectivity index (χ2n) is 4.00. The van der Waals surface area contributed by atoms with E-state index in [0.29, 0.717) is 19.4 Å². The number of ketones is 1. The molecule has 78 valence electrons. The van der Waals surface area contributed by atoms with E-state index in [9.17, 15) is 9.59 Å². The van der Waals surface area contributed by atoms with Crippen molar-refractivity contribution in [3.8, 4) is 0 Å². The zero-order valence-corrected chi connectivity index (χ0v) is 8.37. The number of rotatable bonds is 1. The third kappa shape index (κ3) is 1.95. The summed E-state index contributed by atoms with van der Waals surface area (Å²) in [6.07, 6.45) is 4.28. The van der Waals surface area contributed by atoms with Crippen LogP contribution in [0.2, 0.25) is 0 Å². The normalized spacial score (nSPS) is 25.6. The summed E-state index contributed by atoms with van der Waals surface area (Å²) < 4.78 is 0. The van der Waals surface area contributed by atoms with E-state index in [2.05, 4.69) is 0 Å². The van der Waals surface area contributed by atoms with Crippen molar-refractivity contribution >= 4 is 11.7 Å². The molecule has 4 nitrogen and oxygen atoms in total. The minimum Gasteiger partial charge on any atom is -0.298 e. The van der Waals surface area contributed by atoms with E-state index in [1.165, 1.54) is 0 Å². The number of hydrogen-bond acceptors (Lipinski definition) is 3. The van der Waals surface area contributed by atoms with Crippen molar-refractivity contribution in [2.24, 2.45) is 0 Å². The van der Waals surface area contributed by atoms with Crippen molar-refractivity contribution in [2.75, 3.05) is 19.6 Å². The van der Waals surface area contributed by atoms with Gasteiger partial charge in [0, 0.05) is 25.9 Å². The Kier molecular flexibility index (Phi) is 2.82. The topological polar surface area (TPSA) is 40.6 Å². The molecule has 1 amide bonds. The van der Waals surface area contributed by atoms with Gasteiger partial charge in [-0.25, -0.2) is 5.01 Å². The molecule has 0 aliphatic carbocycles. The summed E-state index contributed by atoms with van der Waals surface area (Å²) in [5.74, 6) is 0.445. The third-order valence-electron chi connectivity index (χ3n) is 2.87. The maximum atomic E-state index is 11.6. The molecular weight excluding hydrogens is 180 g/mol. The molecule has 2 fully saturated rings. The Bertz CT molecular complexity index is 253. The van der Waals surface area contributed by atoms with Gasteiger partial charge in [0.2, 0.25) is 5.91 Å². The lowest BCUT2D eigenvalue weighted by atomic mass is 10.1. The molecule has 0 saturated carbocycles. The fourth-order valence-corrected chi connectivity index (χ4v) is 2.12. The maximum absolute atomic E-state index is 11.6. The van der Waals surface area contributed by atoms with E-state index in [1.54, 1.807) is 5.01 Å². The van der Waals surface area contributed by atoms with Crippen LogP contribution >= 0.6 is 0 Å². The quantitative estimate of drug-likeness (QED) is 0.616. The molecule has 0 spiro atoms. The number of piperidine rings is 2. The van der Waals surface area contributed by atoms with Gasteiger partial charge in [-0.3, -0.25) is 14.6 Å². The number of nitrogens with zero attached hydrogens (tertiary/aromatic N) is 2. The minimum absolute atomic E-state index is 0.186. The Morgan fingerprint density at radius 3 is 2.50 bits per heavy atom. The Hall–Kier alpha value is -0.900. The standard InChI is InChI=1S/C10H16N2O2/c13-9-4-3-6-11(8-9)12-7-2-1-5-10(12)14/h1-8H2. The van der Waals surface area contributed by atoms with E-state index in [0.717, 1.165) is 32.4 Å². The van der Waals surface area contributed by atoms with Gasteiger partial charge in [-0.1, -0.05) is 0 Å². The molecule has 0 aromatic carbocycles. The minimum atomic E-state index is 0.186. The van der Waals surface area contributed by atoms with E-state index in [4.69, 9.17) is 0 Å². The smallest absolute Gasteiger partial charge is 0.236 e. The van der Waals surface area contributed by atoms with Gasteiger partial charge in [-0.05, 0) is 19.3 Å². The highest BCUT2D eigenvalue weighted by atomic mass is 16.2. The van der Waals surface area contributed by atoms with Crippen LogP contribution in [0.4, 0.5) is 0 Å². The van der Waals surface area contributed by atoms with Gasteiger partial charge in [-0.15, -0.1) is 0 Å². The van der Waals surface area contributed by atoms with Gasteiger partial charge in [0.05, 0.1) is 6.54 Å². The van der Waals surface area contributed by atoms with Crippen molar-refractivity contribution in [3.05, 3.63) is 0 Å². The Morgan fingerprint density at radius 2 is 1.79 bits per heavy atom. The molecule has 0 bridgehead atoms. The first-order chi connectivity index (χ1) is 6.77. The van der Waals surface area contributed by atoms with E-state index >= 15 is 0 Å². The average molecular weight is 196 g/mol. The zero-order valence-electron chi connectivity index (χ0n) is 8.37. The molecule has 2 aliphatic rings. The van der Waals surface area contributed by atoms with Gasteiger partial charge in [0.25, 0.3) is 0 Å². The summed E-state index contributed by atoms with van der Waals surface area (Å²) in [6.45, 7) is 2.09. The van der Waals surface area contributed by atoms with Crippen molar-refractivity contribution in [1.29, 1.82) is 0 Å². The lowest BCUT2D eigenvalue weighted by Gasteiger charge is -2.38. The first kappa shape index (κ1) is 9.65. The van der Waals surface area contributed by atoms with E-state index < -0.39 is 0 Å². The first-order valence-electron chi connectivity index (χ1n) is 5.34. The number of carbonyl (C=O) groups excluding carboxylic acids is 2. The largest absolute Gasteiger partial charge is 0.298 e. The summed E-state index contributed by atoms with van der Waals surface area (Å²) in [4.78, 5) is 22.8. The van der Waals surface area contributed by atoms with E-state index in [-0.39, 0.29) is 11.7 Å². The highest BCUT2D eigenvalue weighted by Crippen LogP contribution is 2.16. The maximum Gasteiger partial charge on any atom is 0.236 e. The van der Waals surface area contributed by atoms with Crippen LogP contribution in [0, 0.1) is 0 Å². The van der Waals surface area contributed by atoms with Gasteiger partial charge in [-0.2, -0.15) is 0 Å². The fraction of sp³-hybridized carbons (Fsp3) is 0.800. The molecule has 0 radical (unpaired) electrons. The second-order valence-corrected chi connectivity index (χ2v) is 4.00. The summed E-state index contributed by atoms with van der Waals surface area (Å²) in [7, 11) is 0. The van der Waals surface area contributed by atoms with Crippen molar-refractivity contribution in [2.45, 2.75) is 32.1 Å². The molecular formula is C10H16N2O2. The van der Waals surface area contributed by atoms with Crippen molar-refractivity contribution in [1.82, 2.24) is 10.0 Å². The molecule has 2 aliphatic heterocycles. The Morgan fingerprint density at radius 1 is 0.929 bits per heavy atom. The van der Waals surface area contributed by atoms with Crippen LogP contribution in [-0.2, 0) is 9.59 Å². The number of carbonyl (C=O) groups is 2. The van der Waals surface area contributed by atoms with Crippen molar-refractivity contribution in [3.63, 3.8) is 0 Å². The van der Waals surface area contributed by atoms with Crippen LogP contribution in [0.1, 0.15) is 32.1 Å². The van der Waals surface area contributed by atoms with Crippen LogP contribution in [0.25, 0.3) is 0 Å².